The largest absolute Gasteiger partial charge is 0.469 e. The second kappa shape index (κ2) is 15.6. The number of hydrogen-bond acceptors (Lipinski definition) is 6. The molecule has 3 amide bonds. The molecular formula is C24H41N3O6. The first-order chi connectivity index (χ1) is 16.0. The Labute approximate surface area is 197 Å². The molecule has 0 bridgehead atoms. The van der Waals surface area contributed by atoms with Gasteiger partial charge >= 0.3 is 5.97 Å². The van der Waals surface area contributed by atoms with Gasteiger partial charge in [0.05, 0.1) is 20.3 Å². The summed E-state index contributed by atoms with van der Waals surface area (Å²) in [6.45, 7) is 4.10. The number of amides is 3. The molecular weight excluding hydrogens is 426 g/mol. The van der Waals surface area contributed by atoms with Gasteiger partial charge in [-0.05, 0) is 25.7 Å². The molecule has 0 atom stereocenters. The van der Waals surface area contributed by atoms with E-state index < -0.39 is 0 Å². The van der Waals surface area contributed by atoms with Crippen molar-refractivity contribution in [3.05, 3.63) is 0 Å². The number of esters is 1. The van der Waals surface area contributed by atoms with Gasteiger partial charge in [0.25, 0.3) is 0 Å². The van der Waals surface area contributed by atoms with Crippen molar-refractivity contribution in [1.29, 1.82) is 0 Å². The highest BCUT2D eigenvalue weighted by Gasteiger charge is 2.30. The molecule has 33 heavy (non-hydrogen) atoms. The first kappa shape index (κ1) is 27.1. The van der Waals surface area contributed by atoms with Crippen LogP contribution in [-0.2, 0) is 28.7 Å². The van der Waals surface area contributed by atoms with Crippen LogP contribution in [0, 0.1) is 5.92 Å². The quantitative estimate of drug-likeness (QED) is 0.328. The average Bonchev–Trinajstić information content (AvgIpc) is 2.85. The zero-order valence-corrected chi connectivity index (χ0v) is 20.1. The van der Waals surface area contributed by atoms with E-state index in [1.165, 1.54) is 7.11 Å². The SMILES string of the molecule is COC(=O)CCCCCCCCC(=O)NCCC(=O)N1CCC(C(=O)N2CCOCC2)CC1. The number of unbranched alkanes of at least 4 members (excludes halogenated alkanes) is 5. The molecule has 9 nitrogen and oxygen atoms in total. The Morgan fingerprint density at radius 3 is 2.06 bits per heavy atom. The molecule has 2 aliphatic rings. The maximum Gasteiger partial charge on any atom is 0.305 e. The van der Waals surface area contributed by atoms with E-state index in [1.54, 1.807) is 0 Å². The fraction of sp³-hybridized carbons (Fsp3) is 0.833. The second-order valence-corrected chi connectivity index (χ2v) is 8.89. The van der Waals surface area contributed by atoms with Gasteiger partial charge in [0.1, 0.15) is 0 Å². The third-order valence-electron chi connectivity index (χ3n) is 6.44. The lowest BCUT2D eigenvalue weighted by molar-refractivity contribution is -0.143. The van der Waals surface area contributed by atoms with Crippen molar-refractivity contribution in [3.8, 4) is 0 Å². The van der Waals surface area contributed by atoms with E-state index in [9.17, 15) is 19.2 Å². The second-order valence-electron chi connectivity index (χ2n) is 8.89. The Balaban J connectivity index is 1.46. The minimum absolute atomic E-state index is 0.000276. The number of rotatable bonds is 13. The van der Waals surface area contributed by atoms with Crippen molar-refractivity contribution in [2.45, 2.75) is 70.6 Å². The van der Waals surface area contributed by atoms with Gasteiger partial charge in [-0.3, -0.25) is 19.2 Å². The smallest absolute Gasteiger partial charge is 0.305 e. The molecule has 2 heterocycles. The van der Waals surface area contributed by atoms with E-state index >= 15 is 0 Å². The summed E-state index contributed by atoms with van der Waals surface area (Å²) >= 11 is 0. The van der Waals surface area contributed by atoms with Gasteiger partial charge in [-0.15, -0.1) is 0 Å². The molecule has 1 N–H and O–H groups in total. The normalized spacial score (nSPS) is 17.0. The third-order valence-corrected chi connectivity index (χ3v) is 6.44. The lowest BCUT2D eigenvalue weighted by Gasteiger charge is -2.35. The first-order valence-electron chi connectivity index (χ1n) is 12.5. The van der Waals surface area contributed by atoms with E-state index in [1.807, 2.05) is 9.80 Å². The molecule has 2 fully saturated rings. The third kappa shape index (κ3) is 10.5. The number of morpholine rings is 1. The summed E-state index contributed by atoms with van der Waals surface area (Å²) in [7, 11) is 1.41. The van der Waals surface area contributed by atoms with Crippen LogP contribution in [-0.4, -0.2) is 86.5 Å². The standard InChI is InChI=1S/C24H41N3O6/c1-32-23(30)9-7-5-3-2-4-6-8-21(28)25-13-10-22(29)26-14-11-20(12-15-26)24(31)27-16-18-33-19-17-27/h20H,2-19H2,1H3,(H,25,28). The number of piperidine rings is 1. The van der Waals surface area contributed by atoms with E-state index in [0.717, 1.165) is 38.5 Å². The number of ether oxygens (including phenoxy) is 2. The predicted molar refractivity (Wildman–Crippen MR) is 123 cm³/mol. The van der Waals surface area contributed by atoms with Gasteiger partial charge in [0.2, 0.25) is 17.7 Å². The summed E-state index contributed by atoms with van der Waals surface area (Å²) in [4.78, 5) is 51.7. The van der Waals surface area contributed by atoms with Crippen molar-refractivity contribution in [2.75, 3.05) is 53.0 Å². The van der Waals surface area contributed by atoms with E-state index in [-0.39, 0.29) is 29.6 Å². The first-order valence-corrected chi connectivity index (χ1v) is 12.5. The molecule has 0 aromatic heterocycles. The van der Waals surface area contributed by atoms with Crippen molar-refractivity contribution in [3.63, 3.8) is 0 Å². The lowest BCUT2D eigenvalue weighted by Crippen LogP contribution is -2.47. The predicted octanol–water partition coefficient (Wildman–Crippen LogP) is 1.88. The van der Waals surface area contributed by atoms with Crippen LogP contribution < -0.4 is 5.32 Å². The van der Waals surface area contributed by atoms with Crippen molar-refractivity contribution < 1.29 is 28.7 Å². The molecule has 2 saturated heterocycles. The maximum absolute atomic E-state index is 12.6. The molecule has 0 aromatic carbocycles. The summed E-state index contributed by atoms with van der Waals surface area (Å²) in [5.41, 5.74) is 0. The zero-order valence-electron chi connectivity index (χ0n) is 20.1. The van der Waals surface area contributed by atoms with Crippen LogP contribution in [0.3, 0.4) is 0 Å². The topological polar surface area (TPSA) is 105 Å². The Hall–Kier alpha value is -2.16. The summed E-state index contributed by atoms with van der Waals surface area (Å²) < 4.78 is 9.92. The minimum atomic E-state index is -0.159. The van der Waals surface area contributed by atoms with Gasteiger partial charge in [-0.25, -0.2) is 0 Å². The molecule has 188 valence electrons. The number of carbonyl (C=O) groups is 4. The average molecular weight is 468 g/mol. The van der Waals surface area contributed by atoms with Crippen molar-refractivity contribution >= 4 is 23.7 Å². The molecule has 0 radical (unpaired) electrons. The minimum Gasteiger partial charge on any atom is -0.469 e. The molecule has 2 aliphatic heterocycles. The summed E-state index contributed by atoms with van der Waals surface area (Å²) in [5, 5.41) is 2.84. The molecule has 2 rings (SSSR count). The lowest BCUT2D eigenvalue weighted by atomic mass is 9.95. The van der Waals surface area contributed by atoms with Crippen LogP contribution in [0.15, 0.2) is 0 Å². The monoisotopic (exact) mass is 467 g/mol. The number of nitrogens with zero attached hydrogens (tertiary/aromatic N) is 2. The molecule has 0 aliphatic carbocycles. The molecule has 9 heteroatoms. The summed E-state index contributed by atoms with van der Waals surface area (Å²) in [5.74, 6) is 0.0647. The molecule has 0 aromatic rings. The van der Waals surface area contributed by atoms with Gasteiger partial charge in [-0.2, -0.15) is 0 Å². The van der Waals surface area contributed by atoms with Crippen LogP contribution >= 0.6 is 0 Å². The maximum atomic E-state index is 12.6. The van der Waals surface area contributed by atoms with E-state index in [0.29, 0.717) is 78.0 Å². The van der Waals surface area contributed by atoms with E-state index in [2.05, 4.69) is 10.1 Å². The molecule has 0 saturated carbocycles. The Kier molecular flexibility index (Phi) is 12.8. The van der Waals surface area contributed by atoms with Gasteiger partial charge in [0.15, 0.2) is 0 Å². The van der Waals surface area contributed by atoms with Gasteiger partial charge in [-0.1, -0.05) is 25.7 Å². The fourth-order valence-electron chi connectivity index (χ4n) is 4.34. The van der Waals surface area contributed by atoms with Crippen LogP contribution in [0.2, 0.25) is 0 Å². The Morgan fingerprint density at radius 2 is 1.42 bits per heavy atom. The fourth-order valence-corrected chi connectivity index (χ4v) is 4.34. The number of nitrogens with one attached hydrogen (secondary N) is 1. The van der Waals surface area contributed by atoms with Crippen LogP contribution in [0.5, 0.6) is 0 Å². The number of carbonyl (C=O) groups excluding carboxylic acids is 4. The highest BCUT2D eigenvalue weighted by atomic mass is 16.5. The van der Waals surface area contributed by atoms with Crippen molar-refractivity contribution in [1.82, 2.24) is 15.1 Å². The van der Waals surface area contributed by atoms with Crippen LogP contribution in [0.4, 0.5) is 0 Å². The van der Waals surface area contributed by atoms with E-state index in [4.69, 9.17) is 4.74 Å². The van der Waals surface area contributed by atoms with Crippen LogP contribution in [0.1, 0.15) is 70.6 Å². The molecule has 0 spiro atoms. The van der Waals surface area contributed by atoms with Gasteiger partial charge in [0, 0.05) is 57.9 Å². The van der Waals surface area contributed by atoms with Gasteiger partial charge < -0.3 is 24.6 Å². The number of likely N-dealkylation sites (tertiary alicyclic amines) is 1. The number of methoxy groups -OCH3 is 1. The summed E-state index contributed by atoms with van der Waals surface area (Å²) in [6.07, 6.45) is 8.45. The number of hydrogen-bond donors (Lipinski definition) is 1. The summed E-state index contributed by atoms with van der Waals surface area (Å²) in [6, 6.07) is 0. The highest BCUT2D eigenvalue weighted by Crippen LogP contribution is 2.21. The highest BCUT2D eigenvalue weighted by molar-refractivity contribution is 5.81. The Morgan fingerprint density at radius 1 is 0.818 bits per heavy atom. The van der Waals surface area contributed by atoms with Crippen molar-refractivity contribution in [2.24, 2.45) is 5.92 Å². The Bertz CT molecular complexity index is 628. The zero-order chi connectivity index (χ0) is 23.9. The van der Waals surface area contributed by atoms with Crippen LogP contribution in [0.25, 0.3) is 0 Å². The molecule has 0 unspecified atom stereocenters.